The summed E-state index contributed by atoms with van der Waals surface area (Å²) in [5.41, 5.74) is 2.28. The average Bonchev–Trinajstić information content (AvgIpc) is 2.40. The lowest BCUT2D eigenvalue weighted by molar-refractivity contribution is 1.19. The topological polar surface area (TPSA) is 41.1 Å². The van der Waals surface area contributed by atoms with E-state index in [1.807, 2.05) is 34.9 Å². The lowest BCUT2D eigenvalue weighted by Crippen LogP contribution is -1.95. The van der Waals surface area contributed by atoms with Crippen molar-refractivity contribution in [1.82, 2.24) is 9.38 Å². The van der Waals surface area contributed by atoms with Gasteiger partial charge in [0.25, 0.3) is 0 Å². The maximum absolute atomic E-state index is 9.23. The van der Waals surface area contributed by atoms with Gasteiger partial charge in [0.2, 0.25) is 0 Å². The lowest BCUT2D eigenvalue weighted by atomic mass is 10.1. The lowest BCUT2D eigenvalue weighted by Gasteiger charge is -2.07. The van der Waals surface area contributed by atoms with Gasteiger partial charge in [-0.25, -0.2) is 0 Å². The van der Waals surface area contributed by atoms with Crippen molar-refractivity contribution < 1.29 is 0 Å². The van der Waals surface area contributed by atoms with Gasteiger partial charge >= 0.3 is 0 Å². The Bertz CT molecular complexity index is 827. The molecule has 0 amide bonds. The fraction of sp³-hybridized carbons (Fsp3) is 0. The Kier molecular flexibility index (Phi) is 2.13. The molecule has 0 fully saturated rings. The third kappa shape index (κ3) is 1.33. The van der Waals surface area contributed by atoms with Crippen LogP contribution in [0.5, 0.6) is 0 Å². The molecule has 3 heterocycles. The zero-order valence-electron chi connectivity index (χ0n) is 8.79. The van der Waals surface area contributed by atoms with Gasteiger partial charge in [-0.05, 0) is 18.2 Å². The zero-order valence-corrected chi connectivity index (χ0v) is 9.61. The number of hydrogen-bond donors (Lipinski definition) is 0. The second-order valence-corrected chi connectivity index (χ2v) is 4.07. The number of nitrogens with zero attached hydrogens (tertiary/aromatic N) is 3. The molecule has 3 nitrogen and oxygen atoms in total. The first-order chi connectivity index (χ1) is 8.33. The summed E-state index contributed by atoms with van der Waals surface area (Å²) in [6, 6.07) is 9.74. The Morgan fingerprint density at radius 2 is 2.12 bits per heavy atom. The molecule has 17 heavy (non-hydrogen) atoms. The number of rotatable bonds is 0. The predicted molar refractivity (Wildman–Crippen MR) is 68.2 cm³/mol. The van der Waals surface area contributed by atoms with Crippen molar-refractivity contribution in [2.24, 2.45) is 0 Å². The van der Waals surface area contributed by atoms with Gasteiger partial charge in [0.05, 0.1) is 27.3 Å². The maximum Gasteiger partial charge on any atom is 0.103 e. The fourth-order valence-corrected chi connectivity index (χ4v) is 2.31. The van der Waals surface area contributed by atoms with Crippen molar-refractivity contribution in [2.75, 3.05) is 0 Å². The molecule has 0 aliphatic rings. The molecule has 0 saturated heterocycles. The van der Waals surface area contributed by atoms with Crippen molar-refractivity contribution in [2.45, 2.75) is 0 Å². The van der Waals surface area contributed by atoms with Crippen LogP contribution in [0.15, 0.2) is 42.9 Å². The van der Waals surface area contributed by atoms with Crippen molar-refractivity contribution in [3.05, 3.63) is 52.9 Å². The van der Waals surface area contributed by atoms with E-state index in [9.17, 15) is 5.26 Å². The summed E-state index contributed by atoms with van der Waals surface area (Å²) in [6.45, 7) is 0. The predicted octanol–water partition coefficient (Wildman–Crippen LogP) is 3.09. The minimum Gasteiger partial charge on any atom is -0.314 e. The van der Waals surface area contributed by atoms with E-state index < -0.39 is 0 Å². The third-order valence-electron chi connectivity index (χ3n) is 2.76. The van der Waals surface area contributed by atoms with Crippen LogP contribution in [0.4, 0.5) is 0 Å². The van der Waals surface area contributed by atoms with Gasteiger partial charge < -0.3 is 4.40 Å². The highest BCUT2D eigenvalue weighted by Crippen LogP contribution is 2.22. The molecular weight excluding hydrogens is 230 g/mol. The van der Waals surface area contributed by atoms with E-state index in [1.54, 1.807) is 12.4 Å². The van der Waals surface area contributed by atoms with Crippen LogP contribution in [0.1, 0.15) is 5.56 Å². The average molecular weight is 237 g/mol. The van der Waals surface area contributed by atoms with Crippen LogP contribution in [0.3, 0.4) is 0 Å². The van der Waals surface area contributed by atoms with Gasteiger partial charge in [-0.1, -0.05) is 18.3 Å². The smallest absolute Gasteiger partial charge is 0.103 e. The van der Waals surface area contributed by atoms with Crippen LogP contribution < -0.4 is 0 Å². The Morgan fingerprint density at radius 3 is 2.94 bits per heavy atom. The summed E-state index contributed by atoms with van der Waals surface area (Å²) < 4.78 is 2.53. The zero-order chi connectivity index (χ0) is 11.8. The molecule has 0 spiro atoms. The molecule has 0 atom stereocenters. The standard InChI is InChI=1S/C13H7N3S/c14-7-10-11-3-1-2-6-16(11)12-8-15-5-4-9(12)13(10)17/h1-6,8H. The molecule has 0 aliphatic carbocycles. The highest BCUT2D eigenvalue weighted by Gasteiger charge is 2.07. The van der Waals surface area contributed by atoms with E-state index in [0.717, 1.165) is 16.4 Å². The first-order valence-corrected chi connectivity index (χ1v) is 5.51. The van der Waals surface area contributed by atoms with Crippen LogP contribution in [0, 0.1) is 15.8 Å². The molecule has 0 aliphatic heterocycles. The molecule has 0 radical (unpaired) electrons. The van der Waals surface area contributed by atoms with Gasteiger partial charge in [-0.2, -0.15) is 5.26 Å². The molecular formula is C13H7N3S. The summed E-state index contributed by atoms with van der Waals surface area (Å²) in [6.07, 6.45) is 5.36. The Hall–Kier alpha value is -2.25. The van der Waals surface area contributed by atoms with Gasteiger partial charge in [0.15, 0.2) is 0 Å². The Morgan fingerprint density at radius 1 is 1.24 bits per heavy atom. The summed E-state index contributed by atoms with van der Waals surface area (Å²) in [4.78, 5) is 4.11. The number of fused-ring (bicyclic) bond motifs is 3. The largest absolute Gasteiger partial charge is 0.314 e. The highest BCUT2D eigenvalue weighted by molar-refractivity contribution is 7.71. The number of nitriles is 1. The first-order valence-electron chi connectivity index (χ1n) is 5.10. The third-order valence-corrected chi connectivity index (χ3v) is 3.18. The van der Waals surface area contributed by atoms with Gasteiger partial charge in [-0.15, -0.1) is 0 Å². The van der Waals surface area contributed by atoms with Crippen LogP contribution >= 0.6 is 12.2 Å². The molecule has 0 N–H and O–H groups in total. The molecule has 0 aromatic carbocycles. The first kappa shape index (κ1) is 9.94. The van der Waals surface area contributed by atoms with Crippen molar-refractivity contribution in [3.63, 3.8) is 0 Å². The molecule has 0 bridgehead atoms. The fourth-order valence-electron chi connectivity index (χ4n) is 1.99. The second kappa shape index (κ2) is 3.65. The van der Waals surface area contributed by atoms with Gasteiger partial charge in [-0.3, -0.25) is 4.98 Å². The number of hydrogen-bond acceptors (Lipinski definition) is 3. The molecule has 80 valence electrons. The quantitative estimate of drug-likeness (QED) is 0.445. The van der Waals surface area contributed by atoms with E-state index in [2.05, 4.69) is 11.1 Å². The van der Waals surface area contributed by atoms with E-state index in [-0.39, 0.29) is 0 Å². The Balaban J connectivity index is 2.75. The maximum atomic E-state index is 9.23. The van der Waals surface area contributed by atoms with Crippen LogP contribution in [-0.2, 0) is 0 Å². The van der Waals surface area contributed by atoms with Crippen LogP contribution in [0.2, 0.25) is 0 Å². The molecule has 4 heteroatoms. The number of aromatic nitrogens is 2. The molecule has 3 aromatic rings. The van der Waals surface area contributed by atoms with Crippen molar-refractivity contribution in [3.8, 4) is 6.07 Å². The van der Waals surface area contributed by atoms with E-state index in [1.165, 1.54) is 0 Å². The molecule has 0 unspecified atom stereocenters. The van der Waals surface area contributed by atoms with Gasteiger partial charge in [0, 0.05) is 17.8 Å². The van der Waals surface area contributed by atoms with E-state index >= 15 is 0 Å². The highest BCUT2D eigenvalue weighted by atomic mass is 32.1. The van der Waals surface area contributed by atoms with Gasteiger partial charge in [0.1, 0.15) is 6.07 Å². The van der Waals surface area contributed by atoms with E-state index in [4.69, 9.17) is 12.2 Å². The summed E-state index contributed by atoms with van der Waals surface area (Å²) in [5.74, 6) is 0. The van der Waals surface area contributed by atoms with E-state index in [0.29, 0.717) is 10.1 Å². The summed E-state index contributed by atoms with van der Waals surface area (Å²) in [7, 11) is 0. The molecule has 3 aromatic heterocycles. The minimum absolute atomic E-state index is 0.541. The second-order valence-electron chi connectivity index (χ2n) is 3.66. The SMILES string of the molecule is N#Cc1c(=S)c2ccncc2n2ccccc12. The summed E-state index contributed by atoms with van der Waals surface area (Å²) >= 11 is 5.36. The van der Waals surface area contributed by atoms with Crippen molar-refractivity contribution >= 4 is 28.6 Å². The molecule has 3 rings (SSSR count). The van der Waals surface area contributed by atoms with Crippen molar-refractivity contribution in [1.29, 1.82) is 5.26 Å². The monoisotopic (exact) mass is 237 g/mol. The minimum atomic E-state index is 0.541. The van der Waals surface area contributed by atoms with Crippen LogP contribution in [0.25, 0.3) is 16.4 Å². The number of pyridine rings is 3. The Labute approximate surface area is 103 Å². The normalized spacial score (nSPS) is 10.5. The summed E-state index contributed by atoms with van der Waals surface area (Å²) in [5, 5.41) is 10.1. The molecule has 0 saturated carbocycles. The van der Waals surface area contributed by atoms with Crippen LogP contribution in [-0.4, -0.2) is 9.38 Å².